The van der Waals surface area contributed by atoms with E-state index >= 15 is 0 Å². The van der Waals surface area contributed by atoms with Gasteiger partial charge in [-0.05, 0) is 31.4 Å². The molecule has 1 atom stereocenters. The number of benzene rings is 1. The number of amides is 1. The van der Waals surface area contributed by atoms with E-state index in [4.69, 9.17) is 4.52 Å². The Kier molecular flexibility index (Phi) is 4.03. The van der Waals surface area contributed by atoms with Crippen molar-refractivity contribution < 1.29 is 9.32 Å². The smallest absolute Gasteiger partial charge is 0.227 e. The van der Waals surface area contributed by atoms with Gasteiger partial charge in [-0.3, -0.25) is 4.79 Å². The van der Waals surface area contributed by atoms with E-state index in [1.807, 2.05) is 17.0 Å². The maximum Gasteiger partial charge on any atom is 0.227 e. The highest BCUT2D eigenvalue weighted by Gasteiger charge is 2.33. The zero-order valence-corrected chi connectivity index (χ0v) is 14.6. The lowest BCUT2D eigenvalue weighted by molar-refractivity contribution is -0.131. The Morgan fingerprint density at radius 2 is 2.20 bits per heavy atom. The van der Waals surface area contributed by atoms with Gasteiger partial charge in [0.15, 0.2) is 5.82 Å². The van der Waals surface area contributed by atoms with Gasteiger partial charge in [-0.2, -0.15) is 4.98 Å². The Bertz CT molecular complexity index is 911. The fourth-order valence-corrected chi connectivity index (χ4v) is 3.77. The van der Waals surface area contributed by atoms with Crippen molar-refractivity contribution in [3.63, 3.8) is 0 Å². The van der Waals surface area contributed by atoms with Gasteiger partial charge < -0.3 is 14.0 Å². The first-order valence-electron chi connectivity index (χ1n) is 8.83. The molecule has 3 aromatic rings. The van der Waals surface area contributed by atoms with Crippen LogP contribution in [0.25, 0.3) is 10.9 Å². The van der Waals surface area contributed by atoms with Crippen LogP contribution in [0.1, 0.15) is 43.1 Å². The van der Waals surface area contributed by atoms with Gasteiger partial charge in [0.1, 0.15) is 0 Å². The topological polar surface area (TPSA) is 64.2 Å². The molecular formula is C19H22N4O2. The first-order valence-corrected chi connectivity index (χ1v) is 8.83. The Morgan fingerprint density at radius 1 is 1.36 bits per heavy atom. The predicted molar refractivity (Wildman–Crippen MR) is 94.0 cm³/mol. The molecule has 0 N–H and O–H groups in total. The molecule has 0 spiro atoms. The first-order chi connectivity index (χ1) is 12.2. The van der Waals surface area contributed by atoms with E-state index in [1.165, 1.54) is 5.52 Å². The second-order valence-corrected chi connectivity index (χ2v) is 6.55. The second kappa shape index (κ2) is 6.35. The molecule has 0 radical (unpaired) electrons. The number of hydrogen-bond acceptors (Lipinski definition) is 4. The van der Waals surface area contributed by atoms with Crippen molar-refractivity contribution in [2.45, 2.75) is 45.7 Å². The van der Waals surface area contributed by atoms with Crippen LogP contribution < -0.4 is 0 Å². The zero-order chi connectivity index (χ0) is 17.4. The van der Waals surface area contributed by atoms with Crippen LogP contribution in [-0.2, 0) is 17.8 Å². The maximum absolute atomic E-state index is 13.0. The van der Waals surface area contributed by atoms with E-state index in [-0.39, 0.29) is 11.9 Å². The van der Waals surface area contributed by atoms with Gasteiger partial charge in [-0.15, -0.1) is 0 Å². The lowest BCUT2D eigenvalue weighted by atomic mass is 10.1. The number of para-hydroxylation sites is 1. The third kappa shape index (κ3) is 2.81. The Balaban J connectivity index is 1.59. The summed E-state index contributed by atoms with van der Waals surface area (Å²) in [5.74, 6) is 1.30. The number of aryl methyl sites for hydroxylation is 2. The number of aromatic nitrogens is 3. The van der Waals surface area contributed by atoms with E-state index in [9.17, 15) is 4.79 Å². The quantitative estimate of drug-likeness (QED) is 0.732. The Morgan fingerprint density at radius 3 is 2.96 bits per heavy atom. The van der Waals surface area contributed by atoms with Crippen LogP contribution in [0.3, 0.4) is 0 Å². The highest BCUT2D eigenvalue weighted by Crippen LogP contribution is 2.31. The van der Waals surface area contributed by atoms with Crippen molar-refractivity contribution in [1.82, 2.24) is 19.6 Å². The summed E-state index contributed by atoms with van der Waals surface area (Å²) in [7, 11) is 0. The van der Waals surface area contributed by atoms with Gasteiger partial charge >= 0.3 is 0 Å². The zero-order valence-electron chi connectivity index (χ0n) is 14.6. The minimum Gasteiger partial charge on any atom is -0.347 e. The molecule has 1 aliphatic rings. The van der Waals surface area contributed by atoms with E-state index in [0.29, 0.717) is 18.1 Å². The average molecular weight is 338 g/mol. The van der Waals surface area contributed by atoms with Gasteiger partial charge in [0.25, 0.3) is 0 Å². The lowest BCUT2D eigenvalue weighted by Crippen LogP contribution is -2.32. The predicted octanol–water partition coefficient (Wildman–Crippen LogP) is 3.26. The number of carbonyl (C=O) groups excluding carboxylic acids is 1. The first kappa shape index (κ1) is 15.9. The van der Waals surface area contributed by atoms with Crippen LogP contribution in [0.4, 0.5) is 0 Å². The van der Waals surface area contributed by atoms with Crippen LogP contribution in [0, 0.1) is 6.92 Å². The van der Waals surface area contributed by atoms with Gasteiger partial charge in [0, 0.05) is 37.1 Å². The molecule has 1 saturated heterocycles. The number of likely N-dealkylation sites (tertiary alicyclic amines) is 1. The van der Waals surface area contributed by atoms with Crippen LogP contribution in [0.2, 0.25) is 0 Å². The van der Waals surface area contributed by atoms with Gasteiger partial charge in [-0.25, -0.2) is 0 Å². The molecule has 4 rings (SSSR count). The highest BCUT2D eigenvalue weighted by atomic mass is 16.5. The van der Waals surface area contributed by atoms with E-state index in [1.54, 1.807) is 6.92 Å². The SMILES string of the molecule is CCn1cc(CC(=O)N2CCC[C@@H]2c2noc(C)n2)c2ccccc21. The largest absolute Gasteiger partial charge is 0.347 e. The molecule has 0 bridgehead atoms. The molecular weight excluding hydrogens is 316 g/mol. The third-order valence-corrected chi connectivity index (χ3v) is 4.97. The lowest BCUT2D eigenvalue weighted by Gasteiger charge is -2.22. The molecule has 6 heteroatoms. The van der Waals surface area contributed by atoms with Crippen molar-refractivity contribution >= 4 is 16.8 Å². The molecule has 1 fully saturated rings. The van der Waals surface area contributed by atoms with E-state index < -0.39 is 0 Å². The molecule has 25 heavy (non-hydrogen) atoms. The molecule has 130 valence electrons. The van der Waals surface area contributed by atoms with Crippen molar-refractivity contribution in [3.05, 3.63) is 47.7 Å². The van der Waals surface area contributed by atoms with Gasteiger partial charge in [0.05, 0.1) is 12.5 Å². The number of nitrogens with zero attached hydrogens (tertiary/aromatic N) is 4. The number of hydrogen-bond donors (Lipinski definition) is 0. The summed E-state index contributed by atoms with van der Waals surface area (Å²) in [5.41, 5.74) is 2.26. The summed E-state index contributed by atoms with van der Waals surface area (Å²) in [6.45, 7) is 5.54. The standard InChI is InChI=1S/C19H22N4O2/c1-3-22-12-14(15-7-4-5-8-16(15)22)11-18(24)23-10-6-9-17(23)19-20-13(2)25-21-19/h4-5,7-8,12,17H,3,6,9-11H2,1-2H3/t17-/m1/s1. The monoisotopic (exact) mass is 338 g/mol. The Hall–Kier alpha value is -2.63. The molecule has 0 saturated carbocycles. The van der Waals surface area contributed by atoms with Crippen LogP contribution >= 0.6 is 0 Å². The summed E-state index contributed by atoms with van der Waals surface area (Å²) in [6, 6.07) is 8.19. The summed E-state index contributed by atoms with van der Waals surface area (Å²) in [5, 5.41) is 5.18. The van der Waals surface area contributed by atoms with Crippen LogP contribution in [0.5, 0.6) is 0 Å². The summed E-state index contributed by atoms with van der Waals surface area (Å²) < 4.78 is 7.29. The molecule has 2 aromatic heterocycles. The van der Waals surface area contributed by atoms with Crippen molar-refractivity contribution in [3.8, 4) is 0 Å². The normalized spacial score (nSPS) is 17.5. The third-order valence-electron chi connectivity index (χ3n) is 4.97. The fraction of sp³-hybridized carbons (Fsp3) is 0.421. The number of rotatable bonds is 4. The molecule has 0 aliphatic carbocycles. The number of fused-ring (bicyclic) bond motifs is 1. The molecule has 1 aromatic carbocycles. The van der Waals surface area contributed by atoms with E-state index in [0.717, 1.165) is 36.9 Å². The highest BCUT2D eigenvalue weighted by molar-refractivity contribution is 5.89. The molecule has 3 heterocycles. The Labute approximate surface area is 146 Å². The molecule has 1 aliphatic heterocycles. The summed E-state index contributed by atoms with van der Waals surface area (Å²) >= 11 is 0. The minimum absolute atomic E-state index is 0.0653. The van der Waals surface area contributed by atoms with Crippen molar-refractivity contribution in [2.75, 3.05) is 6.54 Å². The second-order valence-electron chi connectivity index (χ2n) is 6.55. The van der Waals surface area contributed by atoms with Crippen molar-refractivity contribution in [2.24, 2.45) is 0 Å². The maximum atomic E-state index is 13.0. The average Bonchev–Trinajstić information content (AvgIpc) is 3.33. The number of carbonyl (C=O) groups is 1. The van der Waals surface area contributed by atoms with Gasteiger partial charge in [0.2, 0.25) is 11.8 Å². The van der Waals surface area contributed by atoms with Gasteiger partial charge in [-0.1, -0.05) is 23.4 Å². The fourth-order valence-electron chi connectivity index (χ4n) is 3.77. The molecule has 6 nitrogen and oxygen atoms in total. The summed E-state index contributed by atoms with van der Waals surface area (Å²) in [4.78, 5) is 19.2. The van der Waals surface area contributed by atoms with E-state index in [2.05, 4.69) is 40.0 Å². The van der Waals surface area contributed by atoms with Crippen LogP contribution in [-0.4, -0.2) is 32.1 Å². The minimum atomic E-state index is -0.0653. The van der Waals surface area contributed by atoms with Crippen LogP contribution in [0.15, 0.2) is 35.0 Å². The molecule has 1 amide bonds. The molecule has 0 unspecified atom stereocenters. The summed E-state index contributed by atoms with van der Waals surface area (Å²) in [6.07, 6.45) is 4.37. The van der Waals surface area contributed by atoms with Crippen molar-refractivity contribution in [1.29, 1.82) is 0 Å².